The van der Waals surface area contributed by atoms with Gasteiger partial charge in [0.1, 0.15) is 6.04 Å². The second kappa shape index (κ2) is 13.9. The Morgan fingerprint density at radius 2 is 1.46 bits per heavy atom. The molecule has 3 aromatic carbocycles. The molecular formula is C30H32Cl2N2O2S. The molecule has 194 valence electrons. The van der Waals surface area contributed by atoms with E-state index in [2.05, 4.69) is 5.32 Å². The lowest BCUT2D eigenvalue weighted by Gasteiger charge is -2.32. The minimum absolute atomic E-state index is 0.0838. The molecule has 2 amide bonds. The lowest BCUT2D eigenvalue weighted by Crippen LogP contribution is -2.52. The number of rotatable bonds is 11. The van der Waals surface area contributed by atoms with Crippen LogP contribution in [0, 0.1) is 0 Å². The molecule has 1 fully saturated rings. The van der Waals surface area contributed by atoms with E-state index >= 15 is 0 Å². The molecule has 3 aromatic rings. The molecular weight excluding hydrogens is 523 g/mol. The number of carbonyl (C=O) groups is 2. The summed E-state index contributed by atoms with van der Waals surface area (Å²) in [5.74, 6) is 0.566. The van der Waals surface area contributed by atoms with Crippen molar-refractivity contribution in [2.75, 3.05) is 5.75 Å². The van der Waals surface area contributed by atoms with Gasteiger partial charge in [-0.15, -0.1) is 11.8 Å². The summed E-state index contributed by atoms with van der Waals surface area (Å²) in [5.41, 5.74) is 2.83. The number of halogens is 2. The van der Waals surface area contributed by atoms with E-state index in [1.807, 2.05) is 66.7 Å². The molecule has 1 atom stereocenters. The van der Waals surface area contributed by atoms with Gasteiger partial charge in [-0.3, -0.25) is 9.59 Å². The average Bonchev–Trinajstić information content (AvgIpc) is 3.42. The van der Waals surface area contributed by atoms with Gasteiger partial charge in [-0.1, -0.05) is 103 Å². The van der Waals surface area contributed by atoms with Crippen LogP contribution in [0.1, 0.15) is 42.4 Å². The van der Waals surface area contributed by atoms with Crippen molar-refractivity contribution in [3.8, 4) is 0 Å². The van der Waals surface area contributed by atoms with Gasteiger partial charge < -0.3 is 10.2 Å². The topological polar surface area (TPSA) is 49.4 Å². The van der Waals surface area contributed by atoms with Crippen molar-refractivity contribution < 1.29 is 9.59 Å². The molecule has 0 radical (unpaired) electrons. The van der Waals surface area contributed by atoms with Gasteiger partial charge >= 0.3 is 0 Å². The van der Waals surface area contributed by atoms with Gasteiger partial charge in [0, 0.05) is 34.8 Å². The van der Waals surface area contributed by atoms with Crippen LogP contribution in [0.5, 0.6) is 0 Å². The van der Waals surface area contributed by atoms with Crippen molar-refractivity contribution in [2.24, 2.45) is 0 Å². The van der Waals surface area contributed by atoms with Crippen LogP contribution in [0.4, 0.5) is 0 Å². The number of amides is 2. The first-order valence-corrected chi connectivity index (χ1v) is 14.6. The Balaban J connectivity index is 1.56. The highest BCUT2D eigenvalue weighted by Gasteiger charge is 2.32. The molecule has 1 aliphatic carbocycles. The fourth-order valence-corrected chi connectivity index (χ4v) is 6.34. The molecule has 1 N–H and O–H groups in total. The standard InChI is InChI=1S/C30H32Cl2N2O2S/c31-26-16-9-17-27(32)25(26)20-37-21-29(35)34(19-23-12-5-2-6-13-23)28(18-22-10-3-1-4-11-22)30(36)33-24-14-7-8-15-24/h1-6,9-13,16-17,24,28H,7-8,14-15,18-21H2,(H,33,36). The number of nitrogens with zero attached hydrogens (tertiary/aromatic N) is 1. The first-order chi connectivity index (χ1) is 18.0. The van der Waals surface area contributed by atoms with E-state index in [1.165, 1.54) is 11.8 Å². The van der Waals surface area contributed by atoms with Gasteiger partial charge in [0.05, 0.1) is 5.75 Å². The van der Waals surface area contributed by atoms with E-state index in [0.29, 0.717) is 28.8 Å². The Labute approximate surface area is 233 Å². The van der Waals surface area contributed by atoms with Crippen molar-refractivity contribution in [3.63, 3.8) is 0 Å². The van der Waals surface area contributed by atoms with Gasteiger partial charge in [-0.05, 0) is 41.7 Å². The molecule has 0 spiro atoms. The molecule has 0 saturated heterocycles. The minimum atomic E-state index is -0.611. The Bertz CT molecular complexity index is 1150. The van der Waals surface area contributed by atoms with E-state index in [-0.39, 0.29) is 23.6 Å². The molecule has 37 heavy (non-hydrogen) atoms. The molecule has 0 aromatic heterocycles. The maximum absolute atomic E-state index is 13.7. The van der Waals surface area contributed by atoms with Gasteiger partial charge in [0.15, 0.2) is 0 Å². The summed E-state index contributed by atoms with van der Waals surface area (Å²) in [6.45, 7) is 0.364. The summed E-state index contributed by atoms with van der Waals surface area (Å²) in [7, 11) is 0. The van der Waals surface area contributed by atoms with Crippen LogP contribution in [0.25, 0.3) is 0 Å². The quantitative estimate of drug-likeness (QED) is 0.279. The maximum Gasteiger partial charge on any atom is 0.243 e. The zero-order chi connectivity index (χ0) is 26.0. The second-order valence-corrected chi connectivity index (χ2v) is 11.2. The Hall–Kier alpha value is -2.47. The number of benzene rings is 3. The molecule has 0 aliphatic heterocycles. The van der Waals surface area contributed by atoms with Crippen LogP contribution < -0.4 is 5.32 Å². The fourth-order valence-electron chi connectivity index (χ4n) is 4.70. The van der Waals surface area contributed by atoms with Gasteiger partial charge in [-0.25, -0.2) is 0 Å². The van der Waals surface area contributed by atoms with Crippen molar-refractivity contribution in [1.29, 1.82) is 0 Å². The van der Waals surface area contributed by atoms with Crippen LogP contribution in [-0.2, 0) is 28.3 Å². The summed E-state index contributed by atoms with van der Waals surface area (Å²) in [5, 5.41) is 4.42. The third-order valence-electron chi connectivity index (χ3n) is 6.70. The molecule has 0 bridgehead atoms. The zero-order valence-corrected chi connectivity index (χ0v) is 23.1. The van der Waals surface area contributed by atoms with Crippen LogP contribution in [0.2, 0.25) is 10.0 Å². The third kappa shape index (κ3) is 8.00. The summed E-state index contributed by atoms with van der Waals surface area (Å²) in [6.07, 6.45) is 4.69. The van der Waals surface area contributed by atoms with Crippen LogP contribution in [-0.4, -0.2) is 34.6 Å². The summed E-state index contributed by atoms with van der Waals surface area (Å²) in [4.78, 5) is 29.2. The first kappa shape index (κ1) is 27.6. The third-order valence-corrected chi connectivity index (χ3v) is 8.35. The van der Waals surface area contributed by atoms with Crippen molar-refractivity contribution in [2.45, 2.75) is 56.5 Å². The smallest absolute Gasteiger partial charge is 0.243 e. The lowest BCUT2D eigenvalue weighted by molar-refractivity contribution is -0.139. The van der Waals surface area contributed by atoms with E-state index in [4.69, 9.17) is 23.2 Å². The van der Waals surface area contributed by atoms with Gasteiger partial charge in [0.25, 0.3) is 0 Å². The van der Waals surface area contributed by atoms with Gasteiger partial charge in [-0.2, -0.15) is 0 Å². The number of hydrogen-bond acceptors (Lipinski definition) is 3. The van der Waals surface area contributed by atoms with Crippen molar-refractivity contribution in [1.82, 2.24) is 10.2 Å². The number of carbonyl (C=O) groups excluding carboxylic acids is 2. The Morgan fingerprint density at radius 3 is 2.08 bits per heavy atom. The zero-order valence-electron chi connectivity index (χ0n) is 20.7. The SMILES string of the molecule is O=C(NC1CCCC1)C(Cc1ccccc1)N(Cc1ccccc1)C(=O)CSCc1c(Cl)cccc1Cl. The van der Waals surface area contributed by atoms with E-state index in [0.717, 1.165) is 42.4 Å². The van der Waals surface area contributed by atoms with Crippen molar-refractivity contribution in [3.05, 3.63) is 106 Å². The minimum Gasteiger partial charge on any atom is -0.352 e. The first-order valence-electron chi connectivity index (χ1n) is 12.7. The van der Waals surface area contributed by atoms with Crippen molar-refractivity contribution >= 4 is 46.8 Å². The predicted octanol–water partition coefficient (Wildman–Crippen LogP) is 6.93. The van der Waals surface area contributed by atoms with E-state index < -0.39 is 6.04 Å². The maximum atomic E-state index is 13.7. The number of nitrogens with one attached hydrogen (secondary N) is 1. The summed E-state index contributed by atoms with van der Waals surface area (Å²) >= 11 is 14.1. The fraction of sp³-hybridized carbons (Fsp3) is 0.333. The second-order valence-electron chi connectivity index (χ2n) is 9.40. The molecule has 7 heteroatoms. The molecule has 1 unspecified atom stereocenters. The Morgan fingerprint density at radius 1 is 0.865 bits per heavy atom. The highest BCUT2D eigenvalue weighted by Crippen LogP contribution is 2.29. The summed E-state index contributed by atoms with van der Waals surface area (Å²) < 4.78 is 0. The summed E-state index contributed by atoms with van der Waals surface area (Å²) in [6, 6.07) is 24.7. The van der Waals surface area contributed by atoms with Gasteiger partial charge in [0.2, 0.25) is 11.8 Å². The largest absolute Gasteiger partial charge is 0.352 e. The number of thioether (sulfide) groups is 1. The van der Waals surface area contributed by atoms with Crippen LogP contribution in [0.15, 0.2) is 78.9 Å². The highest BCUT2D eigenvalue weighted by atomic mass is 35.5. The van der Waals surface area contributed by atoms with E-state index in [1.54, 1.807) is 17.0 Å². The van der Waals surface area contributed by atoms with Crippen LogP contribution in [0.3, 0.4) is 0 Å². The number of hydrogen-bond donors (Lipinski definition) is 1. The lowest BCUT2D eigenvalue weighted by atomic mass is 10.0. The molecule has 4 nitrogen and oxygen atoms in total. The van der Waals surface area contributed by atoms with E-state index in [9.17, 15) is 9.59 Å². The van der Waals surface area contributed by atoms with Crippen LogP contribution >= 0.6 is 35.0 Å². The normalized spacial score (nSPS) is 14.3. The Kier molecular flexibility index (Phi) is 10.4. The average molecular weight is 556 g/mol. The molecule has 1 saturated carbocycles. The monoisotopic (exact) mass is 554 g/mol. The highest BCUT2D eigenvalue weighted by molar-refractivity contribution is 7.99. The molecule has 1 aliphatic rings. The molecule has 4 rings (SSSR count). The molecule has 0 heterocycles. The predicted molar refractivity (Wildman–Crippen MR) is 154 cm³/mol.